The number of carbonyl (C=O) groups is 3. The van der Waals surface area contributed by atoms with Crippen molar-refractivity contribution in [3.05, 3.63) is 23.8 Å². The summed E-state index contributed by atoms with van der Waals surface area (Å²) in [5, 5.41) is 10.9. The van der Waals surface area contributed by atoms with Crippen LogP contribution in [0.5, 0.6) is 0 Å². The number of carboxylic acids is 1. The molecule has 0 saturated heterocycles. The van der Waals surface area contributed by atoms with E-state index >= 15 is 0 Å². The first-order valence-corrected chi connectivity index (χ1v) is 7.65. The number of aliphatic carboxylic acids is 1. The molecule has 0 aromatic heterocycles. The molecule has 2 N–H and O–H groups in total. The van der Waals surface area contributed by atoms with E-state index in [0.29, 0.717) is 6.42 Å². The fraction of sp³-hybridized carbons (Fsp3) is 0.467. The molecule has 0 heterocycles. The molecule has 1 amide bonds. The number of Topliss-reactive ketones (excluding diaryl/α,β-unsaturated/α-hetero) is 1. The Morgan fingerprint density at radius 2 is 1.91 bits per heavy atom. The molecule has 0 aromatic carbocycles. The fourth-order valence-corrected chi connectivity index (χ4v) is 1.93. The van der Waals surface area contributed by atoms with E-state index in [4.69, 9.17) is 13.0 Å². The van der Waals surface area contributed by atoms with Crippen LogP contribution in [0.15, 0.2) is 23.8 Å². The van der Waals surface area contributed by atoms with Crippen LogP contribution in [0.2, 0.25) is 0 Å². The van der Waals surface area contributed by atoms with E-state index in [1.54, 1.807) is 0 Å². The third kappa shape index (κ3) is 9.53. The van der Waals surface area contributed by atoms with Gasteiger partial charge in [-0.05, 0) is 0 Å². The molecular formula is C15H20BNO4V. The van der Waals surface area contributed by atoms with Crippen molar-refractivity contribution in [2.75, 3.05) is 0 Å². The summed E-state index contributed by atoms with van der Waals surface area (Å²) in [4.78, 5) is 33.9. The van der Waals surface area contributed by atoms with E-state index in [-0.39, 0.29) is 25.0 Å². The Morgan fingerprint density at radius 3 is 2.45 bits per heavy atom. The zero-order chi connectivity index (χ0) is 17.2. The van der Waals surface area contributed by atoms with Crippen LogP contribution in [0, 0.1) is 0 Å². The molecule has 0 aromatic rings. The first-order chi connectivity index (χ1) is 10.2. The number of hydrogen-bond donors (Lipinski definition) is 2. The maximum atomic E-state index is 12.0. The van der Waals surface area contributed by atoms with Crippen LogP contribution in [-0.4, -0.2) is 40.8 Å². The van der Waals surface area contributed by atoms with E-state index in [1.807, 2.05) is 29.9 Å². The van der Waals surface area contributed by atoms with Crippen LogP contribution in [0.25, 0.3) is 0 Å². The van der Waals surface area contributed by atoms with Gasteiger partial charge in [0.15, 0.2) is 0 Å². The van der Waals surface area contributed by atoms with Gasteiger partial charge >= 0.3 is 124 Å². The van der Waals surface area contributed by atoms with Crippen molar-refractivity contribution < 1.29 is 36.5 Å². The van der Waals surface area contributed by atoms with Crippen LogP contribution < -0.4 is 5.32 Å². The van der Waals surface area contributed by atoms with Gasteiger partial charge in [-0.3, -0.25) is 4.79 Å². The Balaban J connectivity index is 4.33. The number of nitrogens with one attached hydrogen (secondary N) is 1. The summed E-state index contributed by atoms with van der Waals surface area (Å²) >= 11 is 2.34. The number of amides is 1. The quantitative estimate of drug-likeness (QED) is 0.460. The van der Waals surface area contributed by atoms with Gasteiger partial charge in [-0.1, -0.05) is 0 Å². The van der Waals surface area contributed by atoms with Crippen LogP contribution in [0.4, 0.5) is 0 Å². The van der Waals surface area contributed by atoms with Gasteiger partial charge in [-0.15, -0.1) is 0 Å². The van der Waals surface area contributed by atoms with Gasteiger partial charge in [0.2, 0.25) is 0 Å². The van der Waals surface area contributed by atoms with Crippen molar-refractivity contribution in [2.45, 2.75) is 45.0 Å². The molecule has 0 spiro atoms. The van der Waals surface area contributed by atoms with E-state index in [1.165, 1.54) is 6.92 Å². The molecule has 0 fully saturated rings. The second kappa shape index (κ2) is 10.4. The SMILES string of the molecule is [B]C(C)(NC(=O)CCC(=O)O)C(=O)CCC=CC(C)=C[CH]=[V]. The summed E-state index contributed by atoms with van der Waals surface area (Å²) < 4.78 is 1.86. The molecule has 0 aliphatic rings. The minimum atomic E-state index is -1.48. The molecule has 0 bridgehead atoms. The van der Waals surface area contributed by atoms with Gasteiger partial charge in [0.1, 0.15) is 0 Å². The van der Waals surface area contributed by atoms with Crippen LogP contribution in [0.1, 0.15) is 39.5 Å². The van der Waals surface area contributed by atoms with Crippen molar-refractivity contribution in [1.82, 2.24) is 5.32 Å². The Hall–Kier alpha value is -1.39. The van der Waals surface area contributed by atoms with Crippen molar-refractivity contribution in [2.24, 2.45) is 0 Å². The van der Waals surface area contributed by atoms with Crippen LogP contribution in [0.3, 0.4) is 0 Å². The number of carbonyl (C=O) groups excluding carboxylic acids is 2. The van der Waals surface area contributed by atoms with Crippen LogP contribution >= 0.6 is 0 Å². The summed E-state index contributed by atoms with van der Waals surface area (Å²) in [6, 6.07) is 0. The molecule has 1 atom stereocenters. The Bertz CT molecular complexity index is 498. The topological polar surface area (TPSA) is 83.5 Å². The summed E-state index contributed by atoms with van der Waals surface area (Å²) in [5.74, 6) is -1.93. The Morgan fingerprint density at radius 1 is 1.27 bits per heavy atom. The molecule has 117 valence electrons. The predicted octanol–water partition coefficient (Wildman–Crippen LogP) is 1.05. The van der Waals surface area contributed by atoms with Crippen LogP contribution in [-0.2, 0) is 31.4 Å². The molecule has 0 saturated carbocycles. The number of allylic oxidation sites excluding steroid dienone is 4. The van der Waals surface area contributed by atoms with Crippen molar-refractivity contribution in [3.63, 3.8) is 0 Å². The average molecular weight is 340 g/mol. The molecule has 0 aliphatic heterocycles. The molecule has 2 radical (unpaired) electrons. The van der Waals surface area contributed by atoms with E-state index in [9.17, 15) is 14.4 Å². The van der Waals surface area contributed by atoms with Crippen molar-refractivity contribution in [3.8, 4) is 0 Å². The molecular weight excluding hydrogens is 320 g/mol. The number of carboxylic acid groups (broad SMARTS) is 1. The normalized spacial score (nSPS) is 14.3. The monoisotopic (exact) mass is 340 g/mol. The first-order valence-electron chi connectivity index (χ1n) is 6.85. The van der Waals surface area contributed by atoms with E-state index in [2.05, 4.69) is 22.3 Å². The molecule has 0 rings (SSSR count). The van der Waals surface area contributed by atoms with Gasteiger partial charge in [0.25, 0.3) is 0 Å². The number of hydrogen-bond acceptors (Lipinski definition) is 3. The summed E-state index contributed by atoms with van der Waals surface area (Å²) in [6.07, 6.45) is 5.90. The molecule has 22 heavy (non-hydrogen) atoms. The molecule has 7 heteroatoms. The van der Waals surface area contributed by atoms with Crippen molar-refractivity contribution in [1.29, 1.82) is 0 Å². The maximum absolute atomic E-state index is 12.0. The second-order valence-electron chi connectivity index (χ2n) is 5.07. The summed E-state index contributed by atoms with van der Waals surface area (Å²) in [6.45, 7) is 3.35. The fourth-order valence-electron chi connectivity index (χ4n) is 1.56. The van der Waals surface area contributed by atoms with Gasteiger partial charge < -0.3 is 5.11 Å². The molecule has 5 nitrogen and oxygen atoms in total. The zero-order valence-electron chi connectivity index (χ0n) is 12.8. The van der Waals surface area contributed by atoms with Gasteiger partial charge in [0, 0.05) is 0 Å². The predicted molar refractivity (Wildman–Crippen MR) is 82.4 cm³/mol. The number of rotatable bonds is 10. The van der Waals surface area contributed by atoms with Gasteiger partial charge in [0.05, 0.1) is 6.42 Å². The molecule has 1 unspecified atom stereocenters. The van der Waals surface area contributed by atoms with E-state index < -0.39 is 17.3 Å². The minimum absolute atomic E-state index is 0.196. The van der Waals surface area contributed by atoms with Gasteiger partial charge in [-0.25, -0.2) is 0 Å². The average Bonchev–Trinajstić information content (AvgIpc) is 2.41. The Labute approximate surface area is 141 Å². The molecule has 0 aliphatic carbocycles. The summed E-state index contributed by atoms with van der Waals surface area (Å²) in [5.41, 5.74) is -0.422. The van der Waals surface area contributed by atoms with Gasteiger partial charge in [-0.2, -0.15) is 0 Å². The third-order valence-electron chi connectivity index (χ3n) is 2.80. The van der Waals surface area contributed by atoms with Crippen molar-refractivity contribution >= 4 is 30.2 Å². The second-order valence-corrected chi connectivity index (χ2v) is 5.53. The summed E-state index contributed by atoms with van der Waals surface area (Å²) in [7, 11) is 5.79. The Kier molecular flexibility index (Phi) is 9.70. The first kappa shape index (κ1) is 20.6. The third-order valence-corrected chi connectivity index (χ3v) is 3.03. The standard InChI is InChI=1S/C15H20BNO4.V/c1-4-11(2)7-5-6-8-12(18)15(3,16)17-13(19)9-10-14(20)21;/h1,4-5,7H,6,8-10H2,2-3H3,(H,17,19)(H,20,21);. The number of ketones is 1. The zero-order valence-corrected chi connectivity index (χ0v) is 14.2. The van der Waals surface area contributed by atoms with E-state index in [0.717, 1.165) is 5.57 Å².